The molecule has 2 heterocycles. The van der Waals surface area contributed by atoms with E-state index in [9.17, 15) is 4.39 Å². The van der Waals surface area contributed by atoms with Gasteiger partial charge in [0.25, 0.3) is 0 Å². The zero-order valence-electron chi connectivity index (χ0n) is 10.6. The Morgan fingerprint density at radius 1 is 1.16 bits per heavy atom. The van der Waals surface area contributed by atoms with Gasteiger partial charge < -0.3 is 4.90 Å². The minimum atomic E-state index is -0.262. The molecule has 0 amide bonds. The average Bonchev–Trinajstić information content (AvgIpc) is 2.81. The molecule has 0 N–H and O–H groups in total. The Morgan fingerprint density at radius 3 is 2.63 bits per heavy atom. The van der Waals surface area contributed by atoms with Crippen LogP contribution in [0.4, 0.5) is 15.9 Å². The van der Waals surface area contributed by atoms with Crippen LogP contribution in [0.2, 0.25) is 0 Å². The van der Waals surface area contributed by atoms with Crippen LogP contribution < -0.4 is 4.90 Å². The summed E-state index contributed by atoms with van der Waals surface area (Å²) in [6, 6.07) is 6.23. The normalized spacial score (nSPS) is 10.9. The maximum atomic E-state index is 12.9. The first kappa shape index (κ1) is 11.6. The van der Waals surface area contributed by atoms with Crippen molar-refractivity contribution in [3.8, 4) is 0 Å². The second kappa shape index (κ2) is 4.31. The lowest BCUT2D eigenvalue weighted by Crippen LogP contribution is -2.12. The lowest BCUT2D eigenvalue weighted by atomic mass is 10.3. The number of aryl methyl sites for hydroxylation is 1. The number of nitrogens with zero attached hydrogens (tertiary/aromatic N) is 5. The highest BCUT2D eigenvalue weighted by Crippen LogP contribution is 2.24. The van der Waals surface area contributed by atoms with Gasteiger partial charge >= 0.3 is 0 Å². The van der Waals surface area contributed by atoms with Crippen LogP contribution in [0.3, 0.4) is 0 Å². The van der Waals surface area contributed by atoms with E-state index in [-0.39, 0.29) is 5.82 Å². The molecule has 0 fully saturated rings. The molecule has 6 heteroatoms. The summed E-state index contributed by atoms with van der Waals surface area (Å²) in [4.78, 5) is 6.18. The number of aromatic nitrogens is 4. The average molecular weight is 257 g/mol. The summed E-state index contributed by atoms with van der Waals surface area (Å²) in [7, 11) is 1.86. The molecule has 0 spiro atoms. The van der Waals surface area contributed by atoms with Crippen molar-refractivity contribution in [2.45, 2.75) is 6.92 Å². The first-order chi connectivity index (χ1) is 9.16. The quantitative estimate of drug-likeness (QED) is 0.707. The van der Waals surface area contributed by atoms with Gasteiger partial charge in [-0.2, -0.15) is 0 Å². The molecule has 1 aromatic carbocycles. The zero-order chi connectivity index (χ0) is 13.4. The van der Waals surface area contributed by atoms with Crippen LogP contribution in [0, 0.1) is 12.7 Å². The third kappa shape index (κ3) is 1.91. The molecule has 3 rings (SSSR count). The molecule has 3 aromatic rings. The van der Waals surface area contributed by atoms with E-state index in [4.69, 9.17) is 0 Å². The van der Waals surface area contributed by atoms with E-state index in [1.807, 2.05) is 29.5 Å². The van der Waals surface area contributed by atoms with Gasteiger partial charge in [-0.1, -0.05) is 0 Å². The second-order valence-electron chi connectivity index (χ2n) is 4.23. The topological polar surface area (TPSA) is 46.3 Å². The first-order valence-electron chi connectivity index (χ1n) is 5.82. The predicted molar refractivity (Wildman–Crippen MR) is 70.0 cm³/mol. The van der Waals surface area contributed by atoms with Crippen molar-refractivity contribution in [2.75, 3.05) is 11.9 Å². The first-order valence-corrected chi connectivity index (χ1v) is 5.82. The number of fused-ring (bicyclic) bond motifs is 1. The van der Waals surface area contributed by atoms with Gasteiger partial charge in [0.05, 0.1) is 0 Å². The molecule has 2 aromatic heterocycles. The highest BCUT2D eigenvalue weighted by atomic mass is 19.1. The van der Waals surface area contributed by atoms with Crippen LogP contribution in [0.1, 0.15) is 5.82 Å². The molecule has 0 aliphatic heterocycles. The number of hydrogen-bond donors (Lipinski definition) is 0. The monoisotopic (exact) mass is 257 g/mol. The summed E-state index contributed by atoms with van der Waals surface area (Å²) in [6.45, 7) is 1.88. The fourth-order valence-corrected chi connectivity index (χ4v) is 1.95. The van der Waals surface area contributed by atoms with E-state index in [0.717, 1.165) is 11.5 Å². The summed E-state index contributed by atoms with van der Waals surface area (Å²) in [5.41, 5.74) is 1.51. The summed E-state index contributed by atoms with van der Waals surface area (Å²) >= 11 is 0. The fraction of sp³-hybridized carbons (Fsp3) is 0.154. The molecule has 0 atom stereocenters. The molecule has 0 unspecified atom stereocenters. The van der Waals surface area contributed by atoms with Gasteiger partial charge in [-0.15, -0.1) is 10.2 Å². The molecule has 0 saturated heterocycles. The fourth-order valence-electron chi connectivity index (χ4n) is 1.95. The zero-order valence-corrected chi connectivity index (χ0v) is 10.6. The van der Waals surface area contributed by atoms with Crippen molar-refractivity contribution in [1.29, 1.82) is 0 Å². The predicted octanol–water partition coefficient (Wildman–Crippen LogP) is 2.34. The van der Waals surface area contributed by atoms with Gasteiger partial charge in [-0.05, 0) is 31.2 Å². The van der Waals surface area contributed by atoms with Crippen molar-refractivity contribution < 1.29 is 4.39 Å². The summed E-state index contributed by atoms with van der Waals surface area (Å²) in [5, 5.41) is 8.15. The van der Waals surface area contributed by atoms with E-state index in [2.05, 4.69) is 15.2 Å². The minimum absolute atomic E-state index is 0.262. The number of hydrogen-bond acceptors (Lipinski definition) is 4. The van der Waals surface area contributed by atoms with E-state index in [0.29, 0.717) is 11.5 Å². The van der Waals surface area contributed by atoms with E-state index >= 15 is 0 Å². The highest BCUT2D eigenvalue weighted by Gasteiger charge is 2.13. The SMILES string of the molecule is Cc1nnc2c(N(C)c3ccc(F)cc3)nccn12. The molecular weight excluding hydrogens is 245 g/mol. The highest BCUT2D eigenvalue weighted by molar-refractivity contribution is 5.71. The lowest BCUT2D eigenvalue weighted by Gasteiger charge is -2.18. The van der Waals surface area contributed by atoms with E-state index in [1.165, 1.54) is 12.1 Å². The number of benzene rings is 1. The molecule has 0 saturated carbocycles. The third-order valence-electron chi connectivity index (χ3n) is 3.01. The van der Waals surface area contributed by atoms with Crippen molar-refractivity contribution in [2.24, 2.45) is 0 Å². The van der Waals surface area contributed by atoms with Crippen molar-refractivity contribution in [1.82, 2.24) is 19.6 Å². The Morgan fingerprint density at radius 2 is 1.89 bits per heavy atom. The molecule has 19 heavy (non-hydrogen) atoms. The van der Waals surface area contributed by atoms with Crippen LogP contribution in [0.5, 0.6) is 0 Å². The van der Waals surface area contributed by atoms with Crippen LogP contribution in [0.25, 0.3) is 5.65 Å². The standard InChI is InChI=1S/C13H12FN5/c1-9-16-17-13-12(15-7-8-19(9)13)18(2)11-5-3-10(14)4-6-11/h3-8H,1-2H3. The molecular formula is C13H12FN5. The molecule has 0 aliphatic rings. The van der Waals surface area contributed by atoms with Crippen molar-refractivity contribution >= 4 is 17.2 Å². The largest absolute Gasteiger partial charge is 0.326 e. The van der Waals surface area contributed by atoms with Crippen molar-refractivity contribution in [3.63, 3.8) is 0 Å². The third-order valence-corrected chi connectivity index (χ3v) is 3.01. The lowest BCUT2D eigenvalue weighted by molar-refractivity contribution is 0.628. The number of halogens is 1. The number of anilines is 2. The second-order valence-corrected chi connectivity index (χ2v) is 4.23. The van der Waals surface area contributed by atoms with Crippen LogP contribution in [-0.2, 0) is 0 Å². The van der Waals surface area contributed by atoms with Gasteiger partial charge in [0.2, 0.25) is 5.65 Å². The Bertz CT molecular complexity index is 719. The van der Waals surface area contributed by atoms with Crippen molar-refractivity contribution in [3.05, 3.63) is 48.3 Å². The minimum Gasteiger partial charge on any atom is -0.326 e. The molecule has 0 aliphatic carbocycles. The van der Waals surface area contributed by atoms with Gasteiger partial charge in [0.15, 0.2) is 5.82 Å². The Balaban J connectivity index is 2.11. The van der Waals surface area contributed by atoms with Gasteiger partial charge in [-0.3, -0.25) is 4.40 Å². The maximum Gasteiger partial charge on any atom is 0.204 e. The summed E-state index contributed by atoms with van der Waals surface area (Å²) < 4.78 is 14.8. The molecule has 0 bridgehead atoms. The van der Waals surface area contributed by atoms with E-state index in [1.54, 1.807) is 18.3 Å². The van der Waals surface area contributed by atoms with Gasteiger partial charge in [0.1, 0.15) is 11.6 Å². The molecule has 96 valence electrons. The summed E-state index contributed by atoms with van der Waals surface area (Å²) in [5.74, 6) is 1.21. The smallest absolute Gasteiger partial charge is 0.204 e. The van der Waals surface area contributed by atoms with Crippen LogP contribution in [0.15, 0.2) is 36.7 Å². The maximum absolute atomic E-state index is 12.9. The number of rotatable bonds is 2. The summed E-state index contributed by atoms with van der Waals surface area (Å²) in [6.07, 6.45) is 3.51. The molecule has 0 radical (unpaired) electrons. The van der Waals surface area contributed by atoms with E-state index < -0.39 is 0 Å². The van der Waals surface area contributed by atoms with Crippen LogP contribution >= 0.6 is 0 Å². The van der Waals surface area contributed by atoms with Gasteiger partial charge in [0, 0.05) is 25.1 Å². The van der Waals surface area contributed by atoms with Crippen LogP contribution in [-0.4, -0.2) is 26.6 Å². The molecule has 5 nitrogen and oxygen atoms in total. The Hall–Kier alpha value is -2.50. The Labute approximate surface area is 109 Å². The van der Waals surface area contributed by atoms with Gasteiger partial charge in [-0.25, -0.2) is 9.37 Å². The Kier molecular flexibility index (Phi) is 2.63.